The molecule has 2 aromatic rings. The van der Waals surface area contributed by atoms with Gasteiger partial charge in [0.15, 0.2) is 0 Å². The highest BCUT2D eigenvalue weighted by Gasteiger charge is 2.16. The van der Waals surface area contributed by atoms with Crippen LogP contribution in [0.15, 0.2) is 41.0 Å². The van der Waals surface area contributed by atoms with Gasteiger partial charge >= 0.3 is 5.97 Å². The molecule has 0 aliphatic rings. The van der Waals surface area contributed by atoms with E-state index in [9.17, 15) is 4.79 Å². The van der Waals surface area contributed by atoms with E-state index in [-0.39, 0.29) is 17.8 Å². The summed E-state index contributed by atoms with van der Waals surface area (Å²) in [6.07, 6.45) is 1.35. The first-order chi connectivity index (χ1) is 9.38. The van der Waals surface area contributed by atoms with E-state index in [1.54, 1.807) is 6.07 Å². The van der Waals surface area contributed by atoms with Crippen LogP contribution in [-0.2, 0) is 12.0 Å². The van der Waals surface area contributed by atoms with E-state index < -0.39 is 5.97 Å². The van der Waals surface area contributed by atoms with Crippen LogP contribution >= 0.6 is 0 Å². The maximum Gasteiger partial charge on any atom is 0.372 e. The normalized spacial score (nSPS) is 11.3. The van der Waals surface area contributed by atoms with Gasteiger partial charge in [0.1, 0.15) is 12.4 Å². The number of benzene rings is 1. The standard InChI is InChI=1S/C16H18O4/c1-16(2,3)12-5-4-6-13(9-12)20-10-11-7-8-19-14(11)15(17)18/h4-9H,10H2,1-3H3,(H,17,18). The minimum atomic E-state index is -1.09. The summed E-state index contributed by atoms with van der Waals surface area (Å²) < 4.78 is 10.6. The molecule has 20 heavy (non-hydrogen) atoms. The van der Waals surface area contributed by atoms with Crippen molar-refractivity contribution in [3.05, 3.63) is 53.5 Å². The van der Waals surface area contributed by atoms with Crippen molar-refractivity contribution in [3.63, 3.8) is 0 Å². The summed E-state index contributed by atoms with van der Waals surface area (Å²) in [6, 6.07) is 9.42. The molecule has 106 valence electrons. The van der Waals surface area contributed by atoms with Crippen LogP contribution in [0.5, 0.6) is 5.75 Å². The third kappa shape index (κ3) is 3.20. The van der Waals surface area contributed by atoms with Gasteiger partial charge in [-0.25, -0.2) is 4.79 Å². The SMILES string of the molecule is CC(C)(C)c1cccc(OCc2ccoc2C(=O)O)c1. The zero-order valence-electron chi connectivity index (χ0n) is 11.8. The predicted octanol–water partition coefficient (Wildman–Crippen LogP) is 3.85. The molecule has 1 heterocycles. The average molecular weight is 274 g/mol. The number of rotatable bonds is 4. The number of carboxylic acid groups (broad SMARTS) is 1. The minimum absolute atomic E-state index is 0.0429. The first-order valence-electron chi connectivity index (χ1n) is 6.41. The lowest BCUT2D eigenvalue weighted by Gasteiger charge is -2.19. The highest BCUT2D eigenvalue weighted by molar-refractivity contribution is 5.86. The van der Waals surface area contributed by atoms with Crippen molar-refractivity contribution in [2.45, 2.75) is 32.8 Å². The topological polar surface area (TPSA) is 59.7 Å². The second kappa shape index (κ2) is 5.41. The van der Waals surface area contributed by atoms with Crippen molar-refractivity contribution in [2.24, 2.45) is 0 Å². The van der Waals surface area contributed by atoms with Crippen LogP contribution in [0, 0.1) is 0 Å². The molecule has 0 saturated carbocycles. The molecular weight excluding hydrogens is 256 g/mol. The lowest BCUT2D eigenvalue weighted by molar-refractivity contribution is 0.0658. The van der Waals surface area contributed by atoms with Crippen molar-refractivity contribution in [2.75, 3.05) is 0 Å². The predicted molar refractivity (Wildman–Crippen MR) is 75.1 cm³/mol. The van der Waals surface area contributed by atoms with Crippen LogP contribution in [0.2, 0.25) is 0 Å². The second-order valence-electron chi connectivity index (χ2n) is 5.65. The van der Waals surface area contributed by atoms with Crippen molar-refractivity contribution in [1.82, 2.24) is 0 Å². The van der Waals surface area contributed by atoms with E-state index in [0.29, 0.717) is 5.56 Å². The van der Waals surface area contributed by atoms with Crippen LogP contribution in [-0.4, -0.2) is 11.1 Å². The Morgan fingerprint density at radius 3 is 2.70 bits per heavy atom. The maximum absolute atomic E-state index is 10.9. The van der Waals surface area contributed by atoms with Gasteiger partial charge in [0.05, 0.1) is 6.26 Å². The molecule has 1 N–H and O–H groups in total. The average Bonchev–Trinajstić information content (AvgIpc) is 2.84. The second-order valence-corrected chi connectivity index (χ2v) is 5.65. The molecule has 0 saturated heterocycles. The van der Waals surface area contributed by atoms with Crippen LogP contribution in [0.25, 0.3) is 0 Å². The molecule has 0 fully saturated rings. The fourth-order valence-corrected chi connectivity index (χ4v) is 1.85. The highest BCUT2D eigenvalue weighted by Crippen LogP contribution is 2.26. The van der Waals surface area contributed by atoms with E-state index >= 15 is 0 Å². The van der Waals surface area contributed by atoms with Gasteiger partial charge in [-0.05, 0) is 29.2 Å². The molecule has 0 unspecified atom stereocenters. The van der Waals surface area contributed by atoms with E-state index in [1.165, 1.54) is 11.8 Å². The van der Waals surface area contributed by atoms with Gasteiger partial charge in [0.25, 0.3) is 0 Å². The summed E-state index contributed by atoms with van der Waals surface area (Å²) in [6.45, 7) is 6.56. The Morgan fingerprint density at radius 2 is 2.05 bits per heavy atom. The van der Waals surface area contributed by atoms with E-state index in [0.717, 1.165) is 5.75 Å². The van der Waals surface area contributed by atoms with Gasteiger partial charge in [-0.3, -0.25) is 0 Å². The number of aromatic carboxylic acids is 1. The minimum Gasteiger partial charge on any atom is -0.489 e. The van der Waals surface area contributed by atoms with Gasteiger partial charge in [0, 0.05) is 5.56 Å². The van der Waals surface area contributed by atoms with Crippen molar-refractivity contribution in [3.8, 4) is 5.75 Å². The first-order valence-corrected chi connectivity index (χ1v) is 6.41. The number of carboxylic acids is 1. The molecule has 0 bridgehead atoms. The number of furan rings is 1. The number of carbonyl (C=O) groups is 1. The summed E-state index contributed by atoms with van der Waals surface area (Å²) in [4.78, 5) is 10.9. The molecule has 0 radical (unpaired) electrons. The summed E-state index contributed by atoms with van der Waals surface area (Å²) in [5, 5.41) is 8.95. The fourth-order valence-electron chi connectivity index (χ4n) is 1.85. The Morgan fingerprint density at radius 1 is 1.30 bits per heavy atom. The van der Waals surface area contributed by atoms with Crippen LogP contribution in [0.3, 0.4) is 0 Å². The molecular formula is C16H18O4. The highest BCUT2D eigenvalue weighted by atomic mass is 16.5. The van der Waals surface area contributed by atoms with E-state index in [1.807, 2.05) is 24.3 Å². The largest absolute Gasteiger partial charge is 0.489 e. The number of ether oxygens (including phenoxy) is 1. The molecule has 1 aromatic heterocycles. The lowest BCUT2D eigenvalue weighted by Crippen LogP contribution is -2.11. The Kier molecular flexibility index (Phi) is 3.84. The Hall–Kier alpha value is -2.23. The van der Waals surface area contributed by atoms with Crippen molar-refractivity contribution >= 4 is 5.97 Å². The maximum atomic E-state index is 10.9. The third-order valence-electron chi connectivity index (χ3n) is 3.04. The fraction of sp³-hybridized carbons (Fsp3) is 0.312. The monoisotopic (exact) mass is 274 g/mol. The number of hydrogen-bond donors (Lipinski definition) is 1. The summed E-state index contributed by atoms with van der Waals surface area (Å²) in [7, 11) is 0. The zero-order valence-corrected chi connectivity index (χ0v) is 11.8. The quantitative estimate of drug-likeness (QED) is 0.919. The van der Waals surface area contributed by atoms with E-state index in [2.05, 4.69) is 20.8 Å². The Bertz CT molecular complexity index is 605. The Balaban J connectivity index is 2.11. The van der Waals surface area contributed by atoms with Gasteiger partial charge in [-0.2, -0.15) is 0 Å². The number of hydrogen-bond acceptors (Lipinski definition) is 3. The summed E-state index contributed by atoms with van der Waals surface area (Å²) >= 11 is 0. The van der Waals surface area contributed by atoms with Crippen LogP contribution in [0.1, 0.15) is 42.5 Å². The smallest absolute Gasteiger partial charge is 0.372 e. The van der Waals surface area contributed by atoms with Crippen LogP contribution in [0.4, 0.5) is 0 Å². The summed E-state index contributed by atoms with van der Waals surface area (Å²) in [5.74, 6) is -0.441. The van der Waals surface area contributed by atoms with Gasteiger partial charge in [-0.1, -0.05) is 32.9 Å². The first kappa shape index (κ1) is 14.2. The summed E-state index contributed by atoms with van der Waals surface area (Å²) in [5.41, 5.74) is 1.74. The molecule has 0 spiro atoms. The third-order valence-corrected chi connectivity index (χ3v) is 3.04. The molecule has 1 aromatic carbocycles. The van der Waals surface area contributed by atoms with Crippen molar-refractivity contribution in [1.29, 1.82) is 0 Å². The van der Waals surface area contributed by atoms with Gasteiger partial charge in [-0.15, -0.1) is 0 Å². The van der Waals surface area contributed by atoms with E-state index in [4.69, 9.17) is 14.3 Å². The molecule has 2 rings (SSSR count). The molecule has 0 amide bonds. The Labute approximate surface area is 118 Å². The molecule has 4 nitrogen and oxygen atoms in total. The van der Waals surface area contributed by atoms with Crippen molar-refractivity contribution < 1.29 is 19.1 Å². The van der Waals surface area contributed by atoms with Gasteiger partial charge in [0.2, 0.25) is 5.76 Å². The molecule has 4 heteroatoms. The molecule has 0 aliphatic carbocycles. The zero-order chi connectivity index (χ0) is 14.8. The molecule has 0 atom stereocenters. The molecule has 0 aliphatic heterocycles. The van der Waals surface area contributed by atoms with Gasteiger partial charge < -0.3 is 14.3 Å². The van der Waals surface area contributed by atoms with Crippen LogP contribution < -0.4 is 4.74 Å². The lowest BCUT2D eigenvalue weighted by atomic mass is 9.87.